The topological polar surface area (TPSA) is 76.0 Å². The zero-order valence-electron chi connectivity index (χ0n) is 12.4. The molecule has 20 heavy (non-hydrogen) atoms. The molecule has 0 bridgehead atoms. The van der Waals surface area contributed by atoms with Gasteiger partial charge in [0.1, 0.15) is 0 Å². The first-order valence-electron chi connectivity index (χ1n) is 7.20. The lowest BCUT2D eigenvalue weighted by molar-refractivity contribution is 0.572. The minimum absolute atomic E-state index is 0.197. The molecule has 0 saturated heterocycles. The lowest BCUT2D eigenvalue weighted by Crippen LogP contribution is -2.29. The van der Waals surface area contributed by atoms with Gasteiger partial charge in [-0.15, -0.1) is 0 Å². The van der Waals surface area contributed by atoms with E-state index in [9.17, 15) is 8.42 Å². The molecule has 0 unspecified atom stereocenters. The van der Waals surface area contributed by atoms with E-state index in [0.717, 1.165) is 31.6 Å². The number of aromatic nitrogens is 2. The summed E-state index contributed by atoms with van der Waals surface area (Å²) in [6.45, 7) is 4.41. The molecule has 0 saturated carbocycles. The van der Waals surface area contributed by atoms with E-state index >= 15 is 0 Å². The van der Waals surface area contributed by atoms with Gasteiger partial charge in [0.05, 0.1) is 11.4 Å². The lowest BCUT2D eigenvalue weighted by atomic mass is 10.3. The molecule has 1 rings (SSSR count). The van der Waals surface area contributed by atoms with Gasteiger partial charge in [-0.2, -0.15) is 5.10 Å². The van der Waals surface area contributed by atoms with Crippen LogP contribution in [0.5, 0.6) is 0 Å². The maximum absolute atomic E-state index is 11.8. The summed E-state index contributed by atoms with van der Waals surface area (Å²) < 4.78 is 27.9. The molecule has 116 valence electrons. The van der Waals surface area contributed by atoms with Gasteiger partial charge in [-0.05, 0) is 38.4 Å². The average molecular weight is 302 g/mol. The van der Waals surface area contributed by atoms with Gasteiger partial charge in [-0.1, -0.05) is 6.92 Å². The molecule has 0 radical (unpaired) electrons. The second-order valence-electron chi connectivity index (χ2n) is 4.90. The third-order valence-corrected chi connectivity index (χ3v) is 4.39. The molecule has 2 N–H and O–H groups in total. The Balaban J connectivity index is 2.11. The predicted octanol–water partition coefficient (Wildman–Crippen LogP) is 0.662. The van der Waals surface area contributed by atoms with Crippen molar-refractivity contribution in [1.82, 2.24) is 19.8 Å². The van der Waals surface area contributed by atoms with Gasteiger partial charge in [0.25, 0.3) is 0 Å². The smallest absolute Gasteiger partial charge is 0.211 e. The van der Waals surface area contributed by atoms with E-state index in [1.807, 2.05) is 19.3 Å². The van der Waals surface area contributed by atoms with E-state index < -0.39 is 10.0 Å². The van der Waals surface area contributed by atoms with Crippen LogP contribution in [0, 0.1) is 0 Å². The van der Waals surface area contributed by atoms with Crippen LogP contribution in [0.4, 0.5) is 0 Å². The Morgan fingerprint density at radius 3 is 2.70 bits per heavy atom. The predicted molar refractivity (Wildman–Crippen MR) is 81.1 cm³/mol. The second-order valence-corrected chi connectivity index (χ2v) is 6.83. The molecular formula is C13H26N4O2S. The quantitative estimate of drug-likeness (QED) is 0.589. The van der Waals surface area contributed by atoms with Crippen LogP contribution in [-0.2, 0) is 23.5 Å². The second kappa shape index (κ2) is 9.10. The highest BCUT2D eigenvalue weighted by atomic mass is 32.2. The maximum Gasteiger partial charge on any atom is 0.211 e. The molecule has 1 heterocycles. The van der Waals surface area contributed by atoms with Crippen LogP contribution in [-0.4, -0.2) is 43.6 Å². The Morgan fingerprint density at radius 1 is 1.25 bits per heavy atom. The molecule has 0 aliphatic carbocycles. The molecule has 0 amide bonds. The van der Waals surface area contributed by atoms with Crippen LogP contribution in [0.25, 0.3) is 0 Å². The summed E-state index contributed by atoms with van der Waals surface area (Å²) in [6.07, 6.45) is 5.16. The van der Waals surface area contributed by atoms with Gasteiger partial charge >= 0.3 is 0 Å². The number of nitrogens with one attached hydrogen (secondary N) is 2. The maximum atomic E-state index is 11.8. The molecular weight excluding hydrogens is 276 g/mol. The summed E-state index contributed by atoms with van der Waals surface area (Å²) in [4.78, 5) is 0. The highest BCUT2D eigenvalue weighted by Crippen LogP contribution is 1.97. The van der Waals surface area contributed by atoms with Crippen molar-refractivity contribution in [3.05, 3.63) is 18.0 Å². The number of nitrogens with zero attached hydrogens (tertiary/aromatic N) is 2. The van der Waals surface area contributed by atoms with Gasteiger partial charge in [-0.25, -0.2) is 13.1 Å². The van der Waals surface area contributed by atoms with E-state index in [1.54, 1.807) is 4.68 Å². The van der Waals surface area contributed by atoms with Crippen molar-refractivity contribution >= 4 is 10.0 Å². The third-order valence-electron chi connectivity index (χ3n) is 2.92. The Morgan fingerprint density at radius 2 is 2.05 bits per heavy atom. The molecule has 0 aromatic carbocycles. The fraction of sp³-hybridized carbons (Fsp3) is 0.769. The summed E-state index contributed by atoms with van der Waals surface area (Å²) in [7, 11) is -1.30. The van der Waals surface area contributed by atoms with Crippen molar-refractivity contribution in [2.24, 2.45) is 7.05 Å². The number of aryl methyl sites for hydroxylation is 1. The molecule has 6 nitrogen and oxygen atoms in total. The minimum atomic E-state index is -3.15. The first kappa shape index (κ1) is 17.1. The summed E-state index contributed by atoms with van der Waals surface area (Å²) in [5.41, 5.74) is 0.902. The third kappa shape index (κ3) is 7.62. The molecule has 0 aliphatic rings. The van der Waals surface area contributed by atoms with E-state index in [4.69, 9.17) is 0 Å². The highest BCUT2D eigenvalue weighted by molar-refractivity contribution is 7.89. The van der Waals surface area contributed by atoms with Crippen molar-refractivity contribution in [3.63, 3.8) is 0 Å². The van der Waals surface area contributed by atoms with Crippen LogP contribution in [0.3, 0.4) is 0 Å². The van der Waals surface area contributed by atoms with E-state index in [-0.39, 0.29) is 5.75 Å². The number of hydrogen-bond acceptors (Lipinski definition) is 4. The van der Waals surface area contributed by atoms with Crippen LogP contribution >= 0.6 is 0 Å². The standard InChI is InChI=1S/C13H26N4O2S/c1-3-8-14-9-4-5-12-20(18,19)15-10-6-13-7-11-17(2)16-13/h7,11,14-15H,3-6,8-10,12H2,1-2H3. The van der Waals surface area contributed by atoms with Crippen LogP contribution in [0.15, 0.2) is 12.3 Å². The number of sulfonamides is 1. The zero-order valence-corrected chi connectivity index (χ0v) is 13.2. The molecule has 7 heteroatoms. The van der Waals surface area contributed by atoms with Crippen molar-refractivity contribution in [3.8, 4) is 0 Å². The summed E-state index contributed by atoms with van der Waals surface area (Å²) in [6, 6.07) is 1.90. The highest BCUT2D eigenvalue weighted by Gasteiger charge is 2.09. The number of rotatable bonds is 11. The van der Waals surface area contributed by atoms with Gasteiger partial charge in [0.2, 0.25) is 10.0 Å². The largest absolute Gasteiger partial charge is 0.317 e. The van der Waals surface area contributed by atoms with Gasteiger partial charge < -0.3 is 5.32 Å². The summed E-state index contributed by atoms with van der Waals surface area (Å²) in [5, 5.41) is 7.47. The monoisotopic (exact) mass is 302 g/mol. The minimum Gasteiger partial charge on any atom is -0.317 e. The Bertz CT molecular complexity index is 470. The number of unbranched alkanes of at least 4 members (excludes halogenated alkanes) is 1. The van der Waals surface area contributed by atoms with E-state index in [1.165, 1.54) is 0 Å². The summed E-state index contributed by atoms with van der Waals surface area (Å²) >= 11 is 0. The zero-order chi connectivity index (χ0) is 14.8. The Kier molecular flexibility index (Phi) is 7.79. The lowest BCUT2D eigenvalue weighted by Gasteiger charge is -2.06. The molecule has 0 fully saturated rings. The molecule has 0 spiro atoms. The normalized spacial score (nSPS) is 11.9. The van der Waals surface area contributed by atoms with Crippen molar-refractivity contribution < 1.29 is 8.42 Å². The molecule has 1 aromatic rings. The SMILES string of the molecule is CCCNCCCCS(=O)(=O)NCCc1ccn(C)n1. The van der Waals surface area contributed by atoms with Crippen molar-refractivity contribution in [2.45, 2.75) is 32.6 Å². The van der Waals surface area contributed by atoms with Gasteiger partial charge in [0.15, 0.2) is 0 Å². The van der Waals surface area contributed by atoms with Crippen molar-refractivity contribution in [1.29, 1.82) is 0 Å². The first-order chi connectivity index (χ1) is 9.53. The molecule has 0 aliphatic heterocycles. The van der Waals surface area contributed by atoms with Gasteiger partial charge in [-0.3, -0.25) is 4.68 Å². The fourth-order valence-corrected chi connectivity index (χ4v) is 2.99. The van der Waals surface area contributed by atoms with Crippen LogP contribution in [0.2, 0.25) is 0 Å². The van der Waals surface area contributed by atoms with E-state index in [0.29, 0.717) is 19.4 Å². The molecule has 0 atom stereocenters. The molecule has 1 aromatic heterocycles. The fourth-order valence-electron chi connectivity index (χ4n) is 1.85. The first-order valence-corrected chi connectivity index (χ1v) is 8.85. The van der Waals surface area contributed by atoms with Crippen LogP contribution < -0.4 is 10.0 Å². The van der Waals surface area contributed by atoms with Crippen molar-refractivity contribution in [2.75, 3.05) is 25.4 Å². The Hall–Kier alpha value is -0.920. The number of hydrogen-bond donors (Lipinski definition) is 2. The summed E-state index contributed by atoms with van der Waals surface area (Å²) in [5.74, 6) is 0.197. The Labute approximate surface area is 122 Å². The van der Waals surface area contributed by atoms with Crippen LogP contribution in [0.1, 0.15) is 31.9 Å². The van der Waals surface area contributed by atoms with E-state index in [2.05, 4.69) is 22.1 Å². The average Bonchev–Trinajstić information content (AvgIpc) is 2.79. The van der Waals surface area contributed by atoms with Gasteiger partial charge in [0, 0.05) is 26.2 Å².